The van der Waals surface area contributed by atoms with Gasteiger partial charge in [-0.2, -0.15) is 0 Å². The summed E-state index contributed by atoms with van der Waals surface area (Å²) in [5, 5.41) is 0.442. The molecule has 0 atom stereocenters. The number of halogens is 2. The molecule has 0 heterocycles. The number of rotatable bonds is 0. The molecule has 0 spiro atoms. The van der Waals surface area contributed by atoms with Gasteiger partial charge in [0.25, 0.3) is 0 Å². The van der Waals surface area contributed by atoms with Crippen molar-refractivity contribution >= 4 is 11.6 Å². The minimum Gasteiger partial charge on any atom is -0.320 e. The third kappa shape index (κ3) is 2.23. The highest BCUT2D eigenvalue weighted by atomic mass is 35.5. The molecule has 3 heteroatoms. The van der Waals surface area contributed by atoms with E-state index >= 15 is 0 Å². The van der Waals surface area contributed by atoms with E-state index < -0.39 is 0 Å². The van der Waals surface area contributed by atoms with E-state index in [1.165, 1.54) is 18.2 Å². The van der Waals surface area contributed by atoms with E-state index in [9.17, 15) is 4.39 Å². The van der Waals surface area contributed by atoms with Crippen molar-refractivity contribution in [2.75, 3.05) is 6.54 Å². The first-order chi connectivity index (χ1) is 5.74. The average Bonchev–Trinajstić information content (AvgIpc) is 2.07. The molecule has 0 aliphatic rings. The lowest BCUT2D eigenvalue weighted by Crippen LogP contribution is -1.93. The lowest BCUT2D eigenvalue weighted by molar-refractivity contribution is 0.627. The molecular weight excluding hydrogens is 177 g/mol. The number of hydrogen-bond donors (Lipinski definition) is 1. The van der Waals surface area contributed by atoms with E-state index in [-0.39, 0.29) is 12.4 Å². The lowest BCUT2D eigenvalue weighted by atomic mass is 10.2. The van der Waals surface area contributed by atoms with E-state index in [0.29, 0.717) is 10.6 Å². The van der Waals surface area contributed by atoms with Gasteiger partial charge in [0.2, 0.25) is 0 Å². The Morgan fingerprint density at radius 1 is 1.50 bits per heavy atom. The van der Waals surface area contributed by atoms with Crippen LogP contribution < -0.4 is 5.73 Å². The molecule has 0 aromatic heterocycles. The molecule has 0 saturated carbocycles. The second-order valence-electron chi connectivity index (χ2n) is 2.13. The molecule has 0 aliphatic carbocycles. The van der Waals surface area contributed by atoms with Gasteiger partial charge in [-0.15, -0.1) is 0 Å². The zero-order chi connectivity index (χ0) is 8.97. The lowest BCUT2D eigenvalue weighted by Gasteiger charge is -1.94. The summed E-state index contributed by atoms with van der Waals surface area (Å²) >= 11 is 5.72. The topological polar surface area (TPSA) is 26.0 Å². The largest absolute Gasteiger partial charge is 0.320 e. The van der Waals surface area contributed by atoms with Crippen molar-refractivity contribution in [2.45, 2.75) is 0 Å². The van der Waals surface area contributed by atoms with Gasteiger partial charge in [0.15, 0.2) is 0 Å². The average molecular weight is 184 g/mol. The first-order valence-corrected chi connectivity index (χ1v) is 3.76. The van der Waals surface area contributed by atoms with Crippen molar-refractivity contribution < 1.29 is 4.39 Å². The fourth-order valence-electron chi connectivity index (χ4n) is 0.740. The molecule has 1 aromatic rings. The quantitative estimate of drug-likeness (QED) is 0.610. The van der Waals surface area contributed by atoms with Gasteiger partial charge < -0.3 is 5.73 Å². The van der Waals surface area contributed by atoms with Crippen molar-refractivity contribution in [2.24, 2.45) is 5.73 Å². The zero-order valence-corrected chi connectivity index (χ0v) is 7.03. The van der Waals surface area contributed by atoms with Crippen LogP contribution in [0.5, 0.6) is 0 Å². The number of benzene rings is 1. The summed E-state index contributed by atoms with van der Waals surface area (Å²) in [7, 11) is 0. The van der Waals surface area contributed by atoms with Gasteiger partial charge in [-0.3, -0.25) is 0 Å². The molecule has 0 bridgehead atoms. The van der Waals surface area contributed by atoms with E-state index in [4.69, 9.17) is 17.3 Å². The summed E-state index contributed by atoms with van der Waals surface area (Å²) < 4.78 is 12.6. The van der Waals surface area contributed by atoms with Gasteiger partial charge in [-0.25, -0.2) is 4.39 Å². The molecule has 0 saturated heterocycles. The fraction of sp³-hybridized carbons (Fsp3) is 0.111. The van der Waals surface area contributed by atoms with Crippen LogP contribution in [0.1, 0.15) is 5.56 Å². The van der Waals surface area contributed by atoms with Crippen molar-refractivity contribution in [3.8, 4) is 11.8 Å². The predicted octanol–water partition coefficient (Wildman–Crippen LogP) is 1.79. The molecule has 0 amide bonds. The standard InChI is InChI=1S/C9H7ClFN/c10-9-4-3-8(11)6-7(9)2-1-5-12/h3-4,6H,5,12H2. The van der Waals surface area contributed by atoms with Crippen LogP contribution >= 0.6 is 11.6 Å². The third-order valence-electron chi connectivity index (χ3n) is 1.25. The van der Waals surface area contributed by atoms with Crippen LogP contribution in [0.3, 0.4) is 0 Å². The maximum atomic E-state index is 12.6. The summed E-state index contributed by atoms with van der Waals surface area (Å²) in [4.78, 5) is 0. The van der Waals surface area contributed by atoms with E-state index in [1.54, 1.807) is 0 Å². The number of nitrogens with two attached hydrogens (primary N) is 1. The first kappa shape index (κ1) is 9.05. The maximum Gasteiger partial charge on any atom is 0.124 e. The summed E-state index contributed by atoms with van der Waals surface area (Å²) in [5.41, 5.74) is 5.63. The Balaban J connectivity index is 3.05. The van der Waals surface area contributed by atoms with Gasteiger partial charge in [0.1, 0.15) is 5.82 Å². The highest BCUT2D eigenvalue weighted by molar-refractivity contribution is 6.31. The van der Waals surface area contributed by atoms with E-state index in [2.05, 4.69) is 11.8 Å². The van der Waals surface area contributed by atoms with Crippen molar-refractivity contribution in [1.29, 1.82) is 0 Å². The van der Waals surface area contributed by atoms with Gasteiger partial charge in [0.05, 0.1) is 11.6 Å². The van der Waals surface area contributed by atoms with Crippen molar-refractivity contribution in [3.05, 3.63) is 34.6 Å². The summed E-state index contributed by atoms with van der Waals surface area (Å²) in [5.74, 6) is 4.92. The zero-order valence-electron chi connectivity index (χ0n) is 6.27. The SMILES string of the molecule is NCC#Cc1cc(F)ccc1Cl. The monoisotopic (exact) mass is 183 g/mol. The molecule has 2 N–H and O–H groups in total. The second-order valence-corrected chi connectivity index (χ2v) is 2.54. The fourth-order valence-corrected chi connectivity index (χ4v) is 0.904. The molecular formula is C9H7ClFN. The smallest absolute Gasteiger partial charge is 0.124 e. The molecule has 12 heavy (non-hydrogen) atoms. The van der Waals surface area contributed by atoms with Crippen LogP contribution in [-0.4, -0.2) is 6.54 Å². The Bertz CT molecular complexity index is 338. The third-order valence-corrected chi connectivity index (χ3v) is 1.58. The molecule has 62 valence electrons. The van der Waals surface area contributed by atoms with Gasteiger partial charge in [0, 0.05) is 5.56 Å². The van der Waals surface area contributed by atoms with Crippen LogP contribution in [0.15, 0.2) is 18.2 Å². The highest BCUT2D eigenvalue weighted by Gasteiger charge is 1.97. The van der Waals surface area contributed by atoms with Crippen LogP contribution in [0.4, 0.5) is 4.39 Å². The highest BCUT2D eigenvalue weighted by Crippen LogP contribution is 2.15. The maximum absolute atomic E-state index is 12.6. The van der Waals surface area contributed by atoms with E-state index in [1.807, 2.05) is 0 Å². The Kier molecular flexibility index (Phi) is 3.09. The molecule has 0 radical (unpaired) electrons. The molecule has 0 fully saturated rings. The minimum absolute atomic E-state index is 0.243. The second kappa shape index (κ2) is 4.10. The Labute approximate surface area is 75.3 Å². The molecule has 1 aromatic carbocycles. The molecule has 0 aliphatic heterocycles. The van der Waals surface area contributed by atoms with Crippen LogP contribution in [0.2, 0.25) is 5.02 Å². The predicted molar refractivity (Wildman–Crippen MR) is 47.3 cm³/mol. The van der Waals surface area contributed by atoms with Gasteiger partial charge in [-0.1, -0.05) is 23.4 Å². The molecule has 1 rings (SSSR count). The number of hydrogen-bond acceptors (Lipinski definition) is 1. The summed E-state index contributed by atoms with van der Waals surface area (Å²) in [6, 6.07) is 4.04. The van der Waals surface area contributed by atoms with Gasteiger partial charge >= 0.3 is 0 Å². The van der Waals surface area contributed by atoms with Crippen molar-refractivity contribution in [3.63, 3.8) is 0 Å². The summed E-state index contributed by atoms with van der Waals surface area (Å²) in [6.07, 6.45) is 0. The Morgan fingerprint density at radius 3 is 2.92 bits per heavy atom. The van der Waals surface area contributed by atoms with Gasteiger partial charge in [-0.05, 0) is 18.2 Å². The van der Waals surface area contributed by atoms with E-state index in [0.717, 1.165) is 0 Å². The Hall–Kier alpha value is -1.04. The first-order valence-electron chi connectivity index (χ1n) is 3.38. The Morgan fingerprint density at radius 2 is 2.25 bits per heavy atom. The van der Waals surface area contributed by atoms with Crippen molar-refractivity contribution in [1.82, 2.24) is 0 Å². The normalized spacial score (nSPS) is 8.92. The minimum atomic E-state index is -0.347. The van der Waals surface area contributed by atoms with Crippen LogP contribution in [-0.2, 0) is 0 Å². The van der Waals surface area contributed by atoms with Crippen LogP contribution in [0.25, 0.3) is 0 Å². The molecule has 0 unspecified atom stereocenters. The summed E-state index contributed by atoms with van der Waals surface area (Å²) in [6.45, 7) is 0.243. The molecule has 1 nitrogen and oxygen atoms in total. The van der Waals surface area contributed by atoms with Crippen LogP contribution in [0, 0.1) is 17.7 Å².